The van der Waals surface area contributed by atoms with E-state index in [-0.39, 0.29) is 12.9 Å². The number of carbonyl (C=O) groups excluding carboxylic acids is 1. The number of rotatable bonds is 4. The van der Waals surface area contributed by atoms with E-state index in [1.54, 1.807) is 22.8 Å². The highest BCUT2D eigenvalue weighted by molar-refractivity contribution is 6.30. The van der Waals surface area contributed by atoms with Gasteiger partial charge in [0.2, 0.25) is 0 Å². The normalized spacial score (nSPS) is 19.4. The van der Waals surface area contributed by atoms with Crippen LogP contribution in [0.1, 0.15) is 35.3 Å². The van der Waals surface area contributed by atoms with E-state index in [1.165, 1.54) is 0 Å². The van der Waals surface area contributed by atoms with Gasteiger partial charge in [-0.15, -0.1) is 0 Å². The van der Waals surface area contributed by atoms with Gasteiger partial charge in [-0.2, -0.15) is 5.10 Å². The number of nitrogens with zero attached hydrogens (tertiary/aromatic N) is 2. The van der Waals surface area contributed by atoms with Gasteiger partial charge in [0.15, 0.2) is 12.6 Å². The molecule has 20 heavy (non-hydrogen) atoms. The van der Waals surface area contributed by atoms with Crippen molar-refractivity contribution in [2.75, 3.05) is 6.61 Å². The molecular weight excluding hydrogens is 280 g/mol. The Balaban J connectivity index is 1.81. The average molecular weight is 295 g/mol. The maximum absolute atomic E-state index is 11.3. The fourth-order valence-electron chi connectivity index (χ4n) is 2.34. The minimum atomic E-state index is -0.198. The summed E-state index contributed by atoms with van der Waals surface area (Å²) < 4.78 is 12.8. The lowest BCUT2D eigenvalue weighted by Crippen LogP contribution is -2.22. The van der Waals surface area contributed by atoms with E-state index in [0.717, 1.165) is 37.7 Å². The third-order valence-corrected chi connectivity index (χ3v) is 3.59. The summed E-state index contributed by atoms with van der Waals surface area (Å²) in [6.07, 6.45) is 5.34. The van der Waals surface area contributed by atoms with Crippen molar-refractivity contribution in [1.82, 2.24) is 9.61 Å². The Morgan fingerprint density at radius 1 is 1.50 bits per heavy atom. The largest absolute Gasteiger partial charge is 0.353 e. The first kappa shape index (κ1) is 13.5. The van der Waals surface area contributed by atoms with Crippen LogP contribution in [-0.4, -0.2) is 28.8 Å². The van der Waals surface area contributed by atoms with Gasteiger partial charge in [-0.1, -0.05) is 11.6 Å². The topological polar surface area (TPSA) is 52.8 Å². The number of fused-ring (bicyclic) bond motifs is 1. The summed E-state index contributed by atoms with van der Waals surface area (Å²) in [7, 11) is 0. The molecule has 0 aromatic carbocycles. The van der Waals surface area contributed by atoms with E-state index in [9.17, 15) is 4.79 Å². The number of hydrogen-bond acceptors (Lipinski definition) is 4. The molecule has 5 nitrogen and oxygen atoms in total. The summed E-state index contributed by atoms with van der Waals surface area (Å²) in [4.78, 5) is 11.3. The molecule has 1 saturated heterocycles. The second-order valence-electron chi connectivity index (χ2n) is 4.76. The van der Waals surface area contributed by atoms with Crippen molar-refractivity contribution in [3.8, 4) is 0 Å². The summed E-state index contributed by atoms with van der Waals surface area (Å²) in [5.74, 6) is 0. The number of hydrogen-bond donors (Lipinski definition) is 0. The monoisotopic (exact) mass is 294 g/mol. The molecule has 0 N–H and O–H groups in total. The smallest absolute Gasteiger partial charge is 0.158 e. The quantitative estimate of drug-likeness (QED) is 0.814. The highest BCUT2D eigenvalue weighted by atomic mass is 35.5. The SMILES string of the molecule is O=Cc1c(COC2CCCCO2)nn2cc(Cl)ccc12. The Labute approximate surface area is 121 Å². The number of aldehydes is 1. The molecule has 0 radical (unpaired) electrons. The minimum absolute atomic E-state index is 0.198. The van der Waals surface area contributed by atoms with Crippen molar-refractivity contribution < 1.29 is 14.3 Å². The maximum atomic E-state index is 11.3. The fraction of sp³-hybridized carbons (Fsp3) is 0.429. The predicted octanol–water partition coefficient (Wildman–Crippen LogP) is 2.84. The molecule has 0 bridgehead atoms. The molecular formula is C14H15ClN2O3. The number of pyridine rings is 1. The Kier molecular flexibility index (Phi) is 4.00. The van der Waals surface area contributed by atoms with E-state index in [0.29, 0.717) is 16.3 Å². The van der Waals surface area contributed by atoms with Gasteiger partial charge < -0.3 is 9.47 Å². The predicted molar refractivity (Wildman–Crippen MR) is 74.0 cm³/mol. The summed E-state index contributed by atoms with van der Waals surface area (Å²) >= 11 is 5.92. The molecule has 6 heteroatoms. The third kappa shape index (κ3) is 2.70. The molecule has 0 aliphatic carbocycles. The van der Waals surface area contributed by atoms with Gasteiger partial charge in [-0.3, -0.25) is 4.79 Å². The molecule has 1 aliphatic rings. The number of carbonyl (C=O) groups is 1. The minimum Gasteiger partial charge on any atom is -0.353 e. The summed E-state index contributed by atoms with van der Waals surface area (Å²) in [6.45, 7) is 0.990. The summed E-state index contributed by atoms with van der Waals surface area (Å²) in [6, 6.07) is 3.51. The van der Waals surface area contributed by atoms with Crippen molar-refractivity contribution in [3.63, 3.8) is 0 Å². The van der Waals surface area contributed by atoms with Crippen LogP contribution < -0.4 is 0 Å². The lowest BCUT2D eigenvalue weighted by molar-refractivity contribution is -0.169. The van der Waals surface area contributed by atoms with Crippen molar-refractivity contribution in [3.05, 3.63) is 34.6 Å². The van der Waals surface area contributed by atoms with Gasteiger partial charge >= 0.3 is 0 Å². The second-order valence-corrected chi connectivity index (χ2v) is 5.20. The van der Waals surface area contributed by atoms with Gasteiger partial charge in [0.1, 0.15) is 0 Å². The van der Waals surface area contributed by atoms with E-state index >= 15 is 0 Å². The van der Waals surface area contributed by atoms with Crippen LogP contribution in [0, 0.1) is 0 Å². The Bertz CT molecular complexity index is 620. The number of ether oxygens (including phenoxy) is 2. The van der Waals surface area contributed by atoms with Crippen LogP contribution in [0.2, 0.25) is 5.02 Å². The number of halogens is 1. The molecule has 1 fully saturated rings. The van der Waals surface area contributed by atoms with Crippen LogP contribution in [0.3, 0.4) is 0 Å². The average Bonchev–Trinajstić information content (AvgIpc) is 2.82. The third-order valence-electron chi connectivity index (χ3n) is 3.37. The Morgan fingerprint density at radius 3 is 3.15 bits per heavy atom. The molecule has 2 aromatic rings. The molecule has 3 rings (SSSR count). The van der Waals surface area contributed by atoms with Gasteiger partial charge in [0.05, 0.1) is 28.4 Å². The first-order valence-corrected chi connectivity index (χ1v) is 7.01. The zero-order valence-electron chi connectivity index (χ0n) is 10.9. The molecule has 0 spiro atoms. The standard InChI is InChI=1S/C14H15ClN2O3/c15-10-4-5-13-11(8-18)12(16-17(13)7-10)9-20-14-3-1-2-6-19-14/h4-5,7-8,14H,1-3,6,9H2. The van der Waals surface area contributed by atoms with E-state index in [1.807, 2.05) is 0 Å². The van der Waals surface area contributed by atoms with Gasteiger partial charge in [-0.25, -0.2) is 4.52 Å². The molecule has 1 atom stereocenters. The molecule has 1 unspecified atom stereocenters. The van der Waals surface area contributed by atoms with E-state index < -0.39 is 0 Å². The molecule has 0 amide bonds. The van der Waals surface area contributed by atoms with Crippen LogP contribution in [0.4, 0.5) is 0 Å². The fourth-order valence-corrected chi connectivity index (χ4v) is 2.50. The lowest BCUT2D eigenvalue weighted by Gasteiger charge is -2.22. The van der Waals surface area contributed by atoms with Crippen molar-refractivity contribution in [2.45, 2.75) is 32.2 Å². The Morgan fingerprint density at radius 2 is 2.40 bits per heavy atom. The zero-order valence-corrected chi connectivity index (χ0v) is 11.7. The van der Waals surface area contributed by atoms with Crippen LogP contribution in [-0.2, 0) is 16.1 Å². The molecule has 0 saturated carbocycles. The Hall–Kier alpha value is -1.43. The van der Waals surface area contributed by atoms with Gasteiger partial charge in [0.25, 0.3) is 0 Å². The summed E-state index contributed by atoms with van der Waals surface area (Å²) in [5.41, 5.74) is 1.88. The summed E-state index contributed by atoms with van der Waals surface area (Å²) in [5, 5.41) is 4.92. The highest BCUT2D eigenvalue weighted by Gasteiger charge is 2.17. The van der Waals surface area contributed by atoms with Gasteiger partial charge in [-0.05, 0) is 31.4 Å². The van der Waals surface area contributed by atoms with Crippen molar-refractivity contribution in [2.24, 2.45) is 0 Å². The first-order valence-electron chi connectivity index (χ1n) is 6.63. The molecule has 3 heterocycles. The zero-order chi connectivity index (χ0) is 13.9. The van der Waals surface area contributed by atoms with Crippen LogP contribution in [0.25, 0.3) is 5.52 Å². The first-order chi connectivity index (χ1) is 9.78. The lowest BCUT2D eigenvalue weighted by atomic mass is 10.2. The van der Waals surface area contributed by atoms with Crippen molar-refractivity contribution in [1.29, 1.82) is 0 Å². The second kappa shape index (κ2) is 5.91. The molecule has 2 aromatic heterocycles. The van der Waals surface area contributed by atoms with Crippen molar-refractivity contribution >= 4 is 23.4 Å². The molecule has 106 valence electrons. The number of aromatic nitrogens is 2. The van der Waals surface area contributed by atoms with Crippen LogP contribution in [0.15, 0.2) is 18.3 Å². The van der Waals surface area contributed by atoms with Crippen LogP contribution in [0.5, 0.6) is 0 Å². The highest BCUT2D eigenvalue weighted by Crippen LogP contribution is 2.20. The molecule has 1 aliphatic heterocycles. The van der Waals surface area contributed by atoms with Crippen LogP contribution >= 0.6 is 11.6 Å². The maximum Gasteiger partial charge on any atom is 0.158 e. The van der Waals surface area contributed by atoms with E-state index in [2.05, 4.69) is 5.10 Å². The van der Waals surface area contributed by atoms with Gasteiger partial charge in [0, 0.05) is 12.8 Å². The van der Waals surface area contributed by atoms with E-state index in [4.69, 9.17) is 21.1 Å².